The van der Waals surface area contributed by atoms with Crippen molar-refractivity contribution >= 4 is 5.97 Å². The maximum absolute atomic E-state index is 11.6. The van der Waals surface area contributed by atoms with Crippen LogP contribution in [0.3, 0.4) is 0 Å². The predicted octanol–water partition coefficient (Wildman–Crippen LogP) is 1.85. The van der Waals surface area contributed by atoms with Gasteiger partial charge in [-0.15, -0.1) is 0 Å². The summed E-state index contributed by atoms with van der Waals surface area (Å²) in [5.74, 6) is 0.0439. The highest BCUT2D eigenvalue weighted by Gasteiger charge is 2.24. The van der Waals surface area contributed by atoms with Crippen LogP contribution < -0.4 is 0 Å². The molecule has 19 heavy (non-hydrogen) atoms. The summed E-state index contributed by atoms with van der Waals surface area (Å²) in [5.41, 5.74) is 0. The Labute approximate surface area is 112 Å². The van der Waals surface area contributed by atoms with Gasteiger partial charge in [0, 0.05) is 13.0 Å². The second-order valence-electron chi connectivity index (χ2n) is 4.72. The lowest BCUT2D eigenvalue weighted by atomic mass is 10.1. The maximum atomic E-state index is 11.6. The topological polar surface area (TPSA) is 74.5 Å². The minimum absolute atomic E-state index is 0.164. The Bertz CT molecular complexity index is 413. The van der Waals surface area contributed by atoms with Gasteiger partial charge in [-0.1, -0.05) is 5.16 Å². The van der Waals surface area contributed by atoms with Gasteiger partial charge in [-0.05, 0) is 33.1 Å². The summed E-state index contributed by atoms with van der Waals surface area (Å²) < 4.78 is 15.7. The number of ether oxygens (including phenoxy) is 2. The summed E-state index contributed by atoms with van der Waals surface area (Å²) in [5, 5.41) is 3.90. The highest BCUT2D eigenvalue weighted by Crippen LogP contribution is 2.18. The fraction of sp³-hybridized carbons (Fsp3) is 0.769. The first-order chi connectivity index (χ1) is 9.20. The molecule has 1 aliphatic rings. The van der Waals surface area contributed by atoms with Gasteiger partial charge >= 0.3 is 5.97 Å². The van der Waals surface area contributed by atoms with E-state index in [0.717, 1.165) is 19.4 Å². The number of hydrogen-bond donors (Lipinski definition) is 0. The van der Waals surface area contributed by atoms with Crippen LogP contribution in [0.25, 0.3) is 0 Å². The van der Waals surface area contributed by atoms with Crippen LogP contribution in [0.2, 0.25) is 0 Å². The van der Waals surface area contributed by atoms with E-state index in [1.54, 1.807) is 13.8 Å². The molecular weight excluding hydrogens is 248 g/mol. The molecule has 6 nitrogen and oxygen atoms in total. The molecule has 1 aliphatic heterocycles. The Kier molecular flexibility index (Phi) is 4.90. The number of esters is 1. The summed E-state index contributed by atoms with van der Waals surface area (Å²) in [4.78, 5) is 15.8. The first-order valence-electron chi connectivity index (χ1n) is 6.81. The van der Waals surface area contributed by atoms with Gasteiger partial charge in [0.15, 0.2) is 5.82 Å². The molecule has 0 bridgehead atoms. The summed E-state index contributed by atoms with van der Waals surface area (Å²) in [6.07, 6.45) is 4.12. The second-order valence-corrected chi connectivity index (χ2v) is 4.72. The Morgan fingerprint density at radius 1 is 1.53 bits per heavy atom. The SMILES string of the molecule is CCOC(=O)C(C)c1nc(CC2CCCCO2)no1. The van der Waals surface area contributed by atoms with Crippen molar-refractivity contribution in [3.63, 3.8) is 0 Å². The van der Waals surface area contributed by atoms with Crippen LogP contribution in [0, 0.1) is 0 Å². The fourth-order valence-corrected chi connectivity index (χ4v) is 2.07. The Morgan fingerprint density at radius 2 is 2.37 bits per heavy atom. The standard InChI is InChI=1S/C13H20N2O4/c1-3-17-13(16)9(2)12-14-11(15-19-12)8-10-6-4-5-7-18-10/h9-10H,3-8H2,1-2H3. The second kappa shape index (κ2) is 6.65. The quantitative estimate of drug-likeness (QED) is 0.759. The minimum atomic E-state index is -0.520. The molecule has 0 amide bonds. The molecule has 2 atom stereocenters. The fourth-order valence-electron chi connectivity index (χ4n) is 2.07. The number of carbonyl (C=O) groups is 1. The third-order valence-electron chi connectivity index (χ3n) is 3.18. The van der Waals surface area contributed by atoms with E-state index in [-0.39, 0.29) is 12.1 Å². The molecule has 0 aliphatic carbocycles. The predicted molar refractivity (Wildman–Crippen MR) is 66.6 cm³/mol. The van der Waals surface area contributed by atoms with Crippen LogP contribution >= 0.6 is 0 Å². The largest absolute Gasteiger partial charge is 0.465 e. The molecule has 2 heterocycles. The van der Waals surface area contributed by atoms with Crippen LogP contribution in [-0.2, 0) is 20.7 Å². The molecule has 6 heteroatoms. The van der Waals surface area contributed by atoms with E-state index in [0.29, 0.717) is 24.7 Å². The van der Waals surface area contributed by atoms with Crippen molar-refractivity contribution in [1.29, 1.82) is 0 Å². The summed E-state index contributed by atoms with van der Waals surface area (Å²) in [6, 6.07) is 0. The number of carbonyl (C=O) groups excluding carboxylic acids is 1. The van der Waals surface area contributed by atoms with E-state index >= 15 is 0 Å². The van der Waals surface area contributed by atoms with Crippen molar-refractivity contribution in [2.45, 2.75) is 51.6 Å². The molecule has 1 saturated heterocycles. The van der Waals surface area contributed by atoms with Crippen LogP contribution in [0.1, 0.15) is 50.7 Å². The van der Waals surface area contributed by atoms with E-state index in [9.17, 15) is 4.79 Å². The number of hydrogen-bond acceptors (Lipinski definition) is 6. The van der Waals surface area contributed by atoms with Gasteiger partial charge in [0.25, 0.3) is 0 Å². The molecule has 0 saturated carbocycles. The van der Waals surface area contributed by atoms with Crippen molar-refractivity contribution < 1.29 is 18.8 Å². The number of aromatic nitrogens is 2. The zero-order chi connectivity index (χ0) is 13.7. The van der Waals surface area contributed by atoms with Gasteiger partial charge in [0.2, 0.25) is 5.89 Å². The lowest BCUT2D eigenvalue weighted by Gasteiger charge is -2.20. The van der Waals surface area contributed by atoms with Crippen LogP contribution in [-0.4, -0.2) is 35.4 Å². The first-order valence-corrected chi connectivity index (χ1v) is 6.81. The molecular formula is C13H20N2O4. The van der Waals surface area contributed by atoms with Gasteiger partial charge in [-0.25, -0.2) is 0 Å². The Morgan fingerprint density at radius 3 is 3.05 bits per heavy atom. The zero-order valence-electron chi connectivity index (χ0n) is 11.4. The smallest absolute Gasteiger partial charge is 0.318 e. The highest BCUT2D eigenvalue weighted by molar-refractivity contribution is 5.76. The number of rotatable bonds is 5. The Balaban J connectivity index is 1.92. The molecule has 1 aromatic rings. The van der Waals surface area contributed by atoms with Crippen molar-refractivity contribution in [1.82, 2.24) is 10.1 Å². The summed E-state index contributed by atoms with van der Waals surface area (Å²) in [7, 11) is 0. The highest BCUT2D eigenvalue weighted by atomic mass is 16.5. The summed E-state index contributed by atoms with van der Waals surface area (Å²) in [6.45, 7) is 4.62. The average molecular weight is 268 g/mol. The van der Waals surface area contributed by atoms with Crippen LogP contribution in [0.15, 0.2) is 4.52 Å². The van der Waals surface area contributed by atoms with E-state index in [1.165, 1.54) is 6.42 Å². The molecule has 0 radical (unpaired) electrons. The average Bonchev–Trinajstić information content (AvgIpc) is 2.88. The Hall–Kier alpha value is -1.43. The lowest BCUT2D eigenvalue weighted by Crippen LogP contribution is -2.22. The zero-order valence-corrected chi connectivity index (χ0v) is 11.4. The van der Waals surface area contributed by atoms with Gasteiger partial charge in [0.1, 0.15) is 5.92 Å². The maximum Gasteiger partial charge on any atom is 0.318 e. The third kappa shape index (κ3) is 3.76. The van der Waals surface area contributed by atoms with E-state index in [1.807, 2.05) is 0 Å². The van der Waals surface area contributed by atoms with Crippen molar-refractivity contribution in [2.75, 3.05) is 13.2 Å². The van der Waals surface area contributed by atoms with Gasteiger partial charge in [-0.3, -0.25) is 4.79 Å². The van der Waals surface area contributed by atoms with Crippen molar-refractivity contribution in [2.24, 2.45) is 0 Å². The lowest BCUT2D eigenvalue weighted by molar-refractivity contribution is -0.145. The molecule has 1 fully saturated rings. The van der Waals surface area contributed by atoms with Crippen molar-refractivity contribution in [3.8, 4) is 0 Å². The molecule has 2 rings (SSSR count). The van der Waals surface area contributed by atoms with Crippen LogP contribution in [0.5, 0.6) is 0 Å². The minimum Gasteiger partial charge on any atom is -0.465 e. The summed E-state index contributed by atoms with van der Waals surface area (Å²) >= 11 is 0. The van der Waals surface area contributed by atoms with Gasteiger partial charge < -0.3 is 14.0 Å². The molecule has 1 aromatic heterocycles. The van der Waals surface area contributed by atoms with E-state index < -0.39 is 5.92 Å². The normalized spacial score (nSPS) is 21.1. The van der Waals surface area contributed by atoms with E-state index in [2.05, 4.69) is 10.1 Å². The molecule has 106 valence electrons. The molecule has 0 aromatic carbocycles. The monoisotopic (exact) mass is 268 g/mol. The van der Waals surface area contributed by atoms with Gasteiger partial charge in [0.05, 0.1) is 12.7 Å². The molecule has 0 N–H and O–H groups in total. The molecule has 2 unspecified atom stereocenters. The van der Waals surface area contributed by atoms with Gasteiger partial charge in [-0.2, -0.15) is 4.98 Å². The number of nitrogens with zero attached hydrogens (tertiary/aromatic N) is 2. The third-order valence-corrected chi connectivity index (χ3v) is 3.18. The van der Waals surface area contributed by atoms with Crippen LogP contribution in [0.4, 0.5) is 0 Å². The first kappa shape index (κ1) is 14.0. The van der Waals surface area contributed by atoms with Crippen molar-refractivity contribution in [3.05, 3.63) is 11.7 Å². The molecule has 0 spiro atoms. The van der Waals surface area contributed by atoms with E-state index in [4.69, 9.17) is 14.0 Å².